The minimum Gasteiger partial charge on any atom is -0.463 e. The summed E-state index contributed by atoms with van der Waals surface area (Å²) in [6, 6.07) is 5.34. The fourth-order valence-electron chi connectivity index (χ4n) is 2.31. The molecule has 1 aliphatic heterocycles. The van der Waals surface area contributed by atoms with Crippen molar-refractivity contribution in [2.45, 2.75) is 18.8 Å². The molecule has 1 aromatic heterocycles. The molecule has 5 heteroatoms. The Balaban J connectivity index is 2.09. The van der Waals surface area contributed by atoms with Crippen molar-refractivity contribution in [3.63, 3.8) is 0 Å². The lowest BCUT2D eigenvalue weighted by Gasteiger charge is -2.20. The lowest BCUT2D eigenvalue weighted by atomic mass is 9.89. The molecule has 0 saturated carbocycles. The average molecular weight is 265 g/mol. The second-order valence-electron chi connectivity index (χ2n) is 4.25. The summed E-state index contributed by atoms with van der Waals surface area (Å²) < 4.78 is 9.83. The van der Waals surface area contributed by atoms with Crippen LogP contribution in [0.5, 0.6) is 0 Å². The first-order chi connectivity index (χ1) is 8.65. The van der Waals surface area contributed by atoms with E-state index in [1.807, 2.05) is 6.07 Å². The van der Waals surface area contributed by atoms with Crippen LogP contribution < -0.4 is 0 Å². The van der Waals surface area contributed by atoms with Crippen LogP contribution in [0.4, 0.5) is 0 Å². The van der Waals surface area contributed by atoms with Gasteiger partial charge >= 0.3 is 11.9 Å². The number of benzene rings is 1. The highest BCUT2D eigenvalue weighted by Gasteiger charge is 2.29. The number of esters is 2. The minimum absolute atomic E-state index is 0.170. The number of hydrogen-bond acceptors (Lipinski definition) is 4. The van der Waals surface area contributed by atoms with E-state index in [2.05, 4.69) is 4.74 Å². The van der Waals surface area contributed by atoms with Crippen molar-refractivity contribution in [1.82, 2.24) is 0 Å². The third kappa shape index (κ3) is 1.78. The zero-order valence-electron chi connectivity index (χ0n) is 9.31. The van der Waals surface area contributed by atoms with Crippen LogP contribution in [0.15, 0.2) is 28.9 Å². The van der Waals surface area contributed by atoms with Crippen LogP contribution in [0.3, 0.4) is 0 Å². The number of hydrogen-bond donors (Lipinski definition) is 0. The minimum atomic E-state index is -0.483. The molecule has 0 spiro atoms. The standard InChI is InChI=1S/C13H9ClO4/c14-10-2-1-8(9-3-4-17-13(9)10)7-5-11(15)18-12(16)6-7/h1-4,7H,5-6H2. The largest absolute Gasteiger partial charge is 0.463 e. The van der Waals surface area contributed by atoms with E-state index in [9.17, 15) is 9.59 Å². The van der Waals surface area contributed by atoms with E-state index in [0.29, 0.717) is 10.6 Å². The topological polar surface area (TPSA) is 56.5 Å². The van der Waals surface area contributed by atoms with Gasteiger partial charge in [-0.15, -0.1) is 0 Å². The van der Waals surface area contributed by atoms with Crippen molar-refractivity contribution < 1.29 is 18.7 Å². The van der Waals surface area contributed by atoms with Gasteiger partial charge in [0, 0.05) is 11.3 Å². The maximum absolute atomic E-state index is 11.3. The highest BCUT2D eigenvalue weighted by Crippen LogP contribution is 2.36. The van der Waals surface area contributed by atoms with Gasteiger partial charge < -0.3 is 9.15 Å². The van der Waals surface area contributed by atoms with Crippen LogP contribution in [0.1, 0.15) is 24.3 Å². The summed E-state index contributed by atoms with van der Waals surface area (Å²) >= 11 is 6.01. The van der Waals surface area contributed by atoms with Gasteiger partial charge in [0.15, 0.2) is 5.58 Å². The van der Waals surface area contributed by atoms with Gasteiger partial charge in [-0.25, -0.2) is 0 Å². The van der Waals surface area contributed by atoms with Gasteiger partial charge in [0.1, 0.15) is 0 Å². The number of carbonyl (C=O) groups is 2. The molecule has 0 bridgehead atoms. The predicted octanol–water partition coefficient (Wildman–Crippen LogP) is 3.03. The molecule has 2 aromatic rings. The Morgan fingerprint density at radius 2 is 1.83 bits per heavy atom. The summed E-state index contributed by atoms with van der Waals surface area (Å²) in [7, 11) is 0. The highest BCUT2D eigenvalue weighted by atomic mass is 35.5. The monoisotopic (exact) mass is 264 g/mol. The molecule has 2 heterocycles. The normalized spacial score (nSPS) is 17.2. The molecule has 3 rings (SSSR count). The summed E-state index contributed by atoms with van der Waals surface area (Å²) in [6.07, 6.45) is 1.95. The number of fused-ring (bicyclic) bond motifs is 1. The van der Waals surface area contributed by atoms with Crippen LogP contribution in [-0.2, 0) is 14.3 Å². The van der Waals surface area contributed by atoms with Gasteiger partial charge in [-0.3, -0.25) is 9.59 Å². The Hall–Kier alpha value is -1.81. The van der Waals surface area contributed by atoms with Crippen molar-refractivity contribution >= 4 is 34.5 Å². The predicted molar refractivity (Wildman–Crippen MR) is 64.3 cm³/mol. The van der Waals surface area contributed by atoms with E-state index < -0.39 is 11.9 Å². The zero-order chi connectivity index (χ0) is 12.7. The fourth-order valence-corrected chi connectivity index (χ4v) is 2.52. The van der Waals surface area contributed by atoms with Crippen molar-refractivity contribution in [1.29, 1.82) is 0 Å². The fraction of sp³-hybridized carbons (Fsp3) is 0.231. The SMILES string of the molecule is O=C1CC(c2ccc(Cl)c3occc23)CC(=O)O1. The van der Waals surface area contributed by atoms with E-state index in [0.717, 1.165) is 10.9 Å². The molecule has 18 heavy (non-hydrogen) atoms. The van der Waals surface area contributed by atoms with Crippen LogP contribution in [0, 0.1) is 0 Å². The Morgan fingerprint density at radius 3 is 2.56 bits per heavy atom. The third-order valence-electron chi connectivity index (χ3n) is 3.10. The van der Waals surface area contributed by atoms with Gasteiger partial charge in [0.2, 0.25) is 0 Å². The van der Waals surface area contributed by atoms with Crippen LogP contribution in [0.25, 0.3) is 11.0 Å². The Kier molecular flexibility index (Phi) is 2.59. The third-order valence-corrected chi connectivity index (χ3v) is 3.39. The van der Waals surface area contributed by atoms with Gasteiger partial charge in [-0.1, -0.05) is 17.7 Å². The van der Waals surface area contributed by atoms with E-state index >= 15 is 0 Å². The lowest BCUT2D eigenvalue weighted by Crippen LogP contribution is -2.24. The zero-order valence-corrected chi connectivity index (χ0v) is 10.1. The Labute approximate surface area is 107 Å². The highest BCUT2D eigenvalue weighted by molar-refractivity contribution is 6.34. The molecule has 1 saturated heterocycles. The number of furan rings is 1. The average Bonchev–Trinajstić information content (AvgIpc) is 2.77. The molecule has 1 fully saturated rings. The molecule has 0 radical (unpaired) electrons. The van der Waals surface area contributed by atoms with Gasteiger partial charge in [-0.2, -0.15) is 0 Å². The van der Waals surface area contributed by atoms with Crippen molar-refractivity contribution in [2.24, 2.45) is 0 Å². The van der Waals surface area contributed by atoms with Crippen LogP contribution in [-0.4, -0.2) is 11.9 Å². The molecule has 0 aliphatic carbocycles. The second kappa shape index (κ2) is 4.14. The summed E-state index contributed by atoms with van der Waals surface area (Å²) in [4.78, 5) is 22.6. The molecule has 0 unspecified atom stereocenters. The van der Waals surface area contributed by atoms with E-state index in [1.54, 1.807) is 18.4 Å². The number of halogens is 1. The molecular weight excluding hydrogens is 256 g/mol. The first kappa shape index (κ1) is 11.3. The van der Waals surface area contributed by atoms with E-state index in [-0.39, 0.29) is 18.8 Å². The summed E-state index contributed by atoms with van der Waals surface area (Å²) in [5, 5.41) is 1.36. The summed E-state index contributed by atoms with van der Waals surface area (Å²) in [6.45, 7) is 0. The Bertz CT molecular complexity index is 627. The molecule has 4 nitrogen and oxygen atoms in total. The maximum Gasteiger partial charge on any atom is 0.314 e. The van der Waals surface area contributed by atoms with Gasteiger partial charge in [-0.05, 0) is 17.7 Å². The molecule has 0 amide bonds. The number of ether oxygens (including phenoxy) is 1. The van der Waals surface area contributed by atoms with Gasteiger partial charge in [0.25, 0.3) is 0 Å². The van der Waals surface area contributed by atoms with Crippen LogP contribution >= 0.6 is 11.6 Å². The molecule has 0 N–H and O–H groups in total. The van der Waals surface area contributed by atoms with Crippen molar-refractivity contribution in [3.05, 3.63) is 35.0 Å². The van der Waals surface area contributed by atoms with E-state index in [4.69, 9.17) is 16.0 Å². The van der Waals surface area contributed by atoms with Crippen LogP contribution in [0.2, 0.25) is 5.02 Å². The molecular formula is C13H9ClO4. The summed E-state index contributed by atoms with van der Waals surface area (Å²) in [5.74, 6) is -1.14. The molecule has 1 aliphatic rings. The maximum atomic E-state index is 11.3. The first-order valence-corrected chi connectivity index (χ1v) is 5.92. The first-order valence-electron chi connectivity index (χ1n) is 5.54. The number of carbonyl (C=O) groups excluding carboxylic acids is 2. The Morgan fingerprint density at radius 1 is 1.11 bits per heavy atom. The molecule has 1 aromatic carbocycles. The lowest BCUT2D eigenvalue weighted by molar-refractivity contribution is -0.163. The number of cyclic esters (lactones) is 2. The van der Waals surface area contributed by atoms with E-state index in [1.165, 1.54) is 0 Å². The summed E-state index contributed by atoms with van der Waals surface area (Å²) in [5.41, 5.74) is 1.48. The molecule has 92 valence electrons. The van der Waals surface area contributed by atoms with Gasteiger partial charge in [0.05, 0.1) is 24.1 Å². The second-order valence-corrected chi connectivity index (χ2v) is 4.66. The quantitative estimate of drug-likeness (QED) is 0.587. The number of rotatable bonds is 1. The smallest absolute Gasteiger partial charge is 0.314 e. The van der Waals surface area contributed by atoms with Crippen molar-refractivity contribution in [3.8, 4) is 0 Å². The molecule has 0 atom stereocenters. The van der Waals surface area contributed by atoms with Crippen molar-refractivity contribution in [2.75, 3.05) is 0 Å².